The molecule has 28 heavy (non-hydrogen) atoms. The highest BCUT2D eigenvalue weighted by molar-refractivity contribution is 8.03. The molecule has 0 aliphatic rings. The van der Waals surface area contributed by atoms with E-state index in [-0.39, 0.29) is 5.91 Å². The van der Waals surface area contributed by atoms with Gasteiger partial charge in [0.2, 0.25) is 5.91 Å². The van der Waals surface area contributed by atoms with Gasteiger partial charge in [0, 0.05) is 17.9 Å². The lowest BCUT2D eigenvalue weighted by Crippen LogP contribution is -2.25. The molecule has 0 aliphatic heterocycles. The second kappa shape index (κ2) is 10.3. The number of thioether (sulfide) groups is 2. The minimum Gasteiger partial charge on any atom is -0.355 e. The smallest absolute Gasteiger partial charge is 0.230 e. The summed E-state index contributed by atoms with van der Waals surface area (Å²) in [6.45, 7) is 4.68. The standard InChI is InChI=1S/C18H20ClN5OS3/c1-3-9-20-15(25)11-27-18-22-21-17(28-18)26-10-14-12(2)23-24(16(14)19)13-7-5-4-6-8-13/h4-8H,3,9-11H2,1-2H3,(H,20,25). The quantitative estimate of drug-likeness (QED) is 0.477. The molecule has 6 nitrogen and oxygen atoms in total. The summed E-state index contributed by atoms with van der Waals surface area (Å²) in [5.41, 5.74) is 2.81. The summed E-state index contributed by atoms with van der Waals surface area (Å²) in [4.78, 5) is 11.7. The summed E-state index contributed by atoms with van der Waals surface area (Å²) >= 11 is 11.0. The summed E-state index contributed by atoms with van der Waals surface area (Å²) in [5.74, 6) is 1.04. The van der Waals surface area contributed by atoms with Crippen LogP contribution >= 0.6 is 46.5 Å². The average Bonchev–Trinajstić information content (AvgIpc) is 3.28. The second-order valence-corrected chi connectivity index (χ2v) is 9.64. The fraction of sp³-hybridized carbons (Fsp3) is 0.333. The lowest BCUT2D eigenvalue weighted by Gasteiger charge is -2.02. The van der Waals surface area contributed by atoms with E-state index in [0.717, 1.165) is 32.0 Å². The number of carbonyl (C=O) groups is 1. The normalized spacial score (nSPS) is 11.0. The molecule has 0 fully saturated rings. The van der Waals surface area contributed by atoms with Gasteiger partial charge in [0.25, 0.3) is 0 Å². The Balaban J connectivity index is 1.59. The van der Waals surface area contributed by atoms with Gasteiger partial charge in [-0.1, -0.05) is 71.6 Å². The van der Waals surface area contributed by atoms with Crippen LogP contribution in [0.4, 0.5) is 0 Å². The molecule has 1 amide bonds. The van der Waals surface area contributed by atoms with Gasteiger partial charge in [-0.2, -0.15) is 5.10 Å². The summed E-state index contributed by atoms with van der Waals surface area (Å²) in [5, 5.41) is 16.4. The monoisotopic (exact) mass is 453 g/mol. The van der Waals surface area contributed by atoms with Crippen LogP contribution in [0.3, 0.4) is 0 Å². The third-order valence-corrected chi connectivity index (χ3v) is 7.35. The number of nitrogens with zero attached hydrogens (tertiary/aromatic N) is 4. The van der Waals surface area contributed by atoms with Crippen LogP contribution in [0.2, 0.25) is 5.15 Å². The van der Waals surface area contributed by atoms with Crippen molar-refractivity contribution < 1.29 is 4.79 Å². The molecule has 2 heterocycles. The molecule has 1 N–H and O–H groups in total. The Morgan fingerprint density at radius 1 is 1.21 bits per heavy atom. The van der Waals surface area contributed by atoms with Gasteiger partial charge in [0.15, 0.2) is 8.68 Å². The maximum Gasteiger partial charge on any atom is 0.230 e. The third-order valence-electron chi connectivity index (χ3n) is 3.75. The molecule has 3 rings (SSSR count). The fourth-order valence-corrected chi connectivity index (χ4v) is 5.68. The molecule has 1 aromatic carbocycles. The topological polar surface area (TPSA) is 72.7 Å². The number of nitrogens with one attached hydrogen (secondary N) is 1. The van der Waals surface area contributed by atoms with Crippen molar-refractivity contribution in [2.75, 3.05) is 12.3 Å². The van der Waals surface area contributed by atoms with Gasteiger partial charge >= 0.3 is 0 Å². The van der Waals surface area contributed by atoms with Crippen LogP contribution in [0.5, 0.6) is 0 Å². The molecule has 0 spiro atoms. The van der Waals surface area contributed by atoms with Crippen molar-refractivity contribution in [2.45, 2.75) is 34.7 Å². The van der Waals surface area contributed by atoms with Crippen LogP contribution < -0.4 is 5.32 Å². The van der Waals surface area contributed by atoms with Crippen molar-refractivity contribution in [1.29, 1.82) is 0 Å². The number of halogens is 1. The van der Waals surface area contributed by atoms with Crippen LogP contribution in [-0.2, 0) is 10.5 Å². The van der Waals surface area contributed by atoms with Crippen molar-refractivity contribution in [1.82, 2.24) is 25.3 Å². The highest BCUT2D eigenvalue weighted by atomic mass is 35.5. The largest absolute Gasteiger partial charge is 0.355 e. The highest BCUT2D eigenvalue weighted by Gasteiger charge is 2.16. The maximum absolute atomic E-state index is 11.7. The first kappa shape index (κ1) is 21.2. The molecule has 0 saturated carbocycles. The van der Waals surface area contributed by atoms with E-state index in [9.17, 15) is 4.79 Å². The third kappa shape index (κ3) is 5.50. The zero-order chi connectivity index (χ0) is 19.9. The van der Waals surface area contributed by atoms with Gasteiger partial charge in [-0.25, -0.2) is 4.68 Å². The number of para-hydroxylation sites is 1. The minimum absolute atomic E-state index is 0.0204. The number of rotatable bonds is 9. The van der Waals surface area contributed by atoms with Crippen molar-refractivity contribution in [2.24, 2.45) is 0 Å². The second-order valence-electron chi connectivity index (χ2n) is 5.86. The van der Waals surface area contributed by atoms with Crippen molar-refractivity contribution in [3.05, 3.63) is 46.7 Å². The minimum atomic E-state index is 0.0204. The number of carbonyl (C=O) groups excluding carboxylic acids is 1. The Kier molecular flexibility index (Phi) is 7.78. The van der Waals surface area contributed by atoms with Gasteiger partial charge in [-0.05, 0) is 25.5 Å². The van der Waals surface area contributed by atoms with Gasteiger partial charge in [0.1, 0.15) is 5.15 Å². The van der Waals surface area contributed by atoms with Gasteiger partial charge in [-0.3, -0.25) is 4.79 Å². The van der Waals surface area contributed by atoms with Crippen LogP contribution in [0.15, 0.2) is 39.0 Å². The van der Waals surface area contributed by atoms with E-state index in [4.69, 9.17) is 11.6 Å². The predicted octanol–water partition coefficient (Wildman–Crippen LogP) is 4.60. The van der Waals surface area contributed by atoms with E-state index >= 15 is 0 Å². The molecule has 3 aromatic rings. The summed E-state index contributed by atoms with van der Waals surface area (Å²) in [6, 6.07) is 9.82. The van der Waals surface area contributed by atoms with E-state index in [2.05, 4.69) is 20.6 Å². The Bertz CT molecular complexity index is 929. The molecule has 0 unspecified atom stereocenters. The molecule has 0 saturated heterocycles. The molecule has 0 aliphatic carbocycles. The number of benzene rings is 1. The molecule has 0 bridgehead atoms. The van der Waals surface area contributed by atoms with Gasteiger partial charge in [0.05, 0.1) is 17.1 Å². The van der Waals surface area contributed by atoms with Crippen molar-refractivity contribution in [3.8, 4) is 5.69 Å². The first-order valence-corrected chi connectivity index (χ1v) is 11.9. The Morgan fingerprint density at radius 2 is 1.93 bits per heavy atom. The predicted molar refractivity (Wildman–Crippen MR) is 117 cm³/mol. The summed E-state index contributed by atoms with van der Waals surface area (Å²) in [7, 11) is 0. The van der Waals surface area contributed by atoms with Crippen LogP contribution in [0.1, 0.15) is 24.6 Å². The number of hydrogen-bond donors (Lipinski definition) is 1. The molecular weight excluding hydrogens is 434 g/mol. The van der Waals surface area contributed by atoms with Crippen molar-refractivity contribution in [3.63, 3.8) is 0 Å². The Morgan fingerprint density at radius 3 is 2.64 bits per heavy atom. The average molecular weight is 454 g/mol. The van der Waals surface area contributed by atoms with E-state index < -0.39 is 0 Å². The van der Waals surface area contributed by atoms with Gasteiger partial charge in [-0.15, -0.1) is 10.2 Å². The van der Waals surface area contributed by atoms with E-state index in [1.807, 2.05) is 44.2 Å². The first-order chi connectivity index (χ1) is 13.6. The Hall–Kier alpha value is -1.55. The van der Waals surface area contributed by atoms with Gasteiger partial charge < -0.3 is 5.32 Å². The van der Waals surface area contributed by atoms with E-state index in [1.54, 1.807) is 16.4 Å². The lowest BCUT2D eigenvalue weighted by atomic mass is 10.3. The zero-order valence-corrected chi connectivity index (χ0v) is 18.7. The molecule has 0 atom stereocenters. The number of aromatic nitrogens is 4. The molecule has 2 aromatic heterocycles. The van der Waals surface area contributed by atoms with Crippen LogP contribution in [0.25, 0.3) is 5.69 Å². The number of hydrogen-bond acceptors (Lipinski definition) is 7. The highest BCUT2D eigenvalue weighted by Crippen LogP contribution is 2.33. The zero-order valence-electron chi connectivity index (χ0n) is 15.5. The molecule has 10 heteroatoms. The summed E-state index contributed by atoms with van der Waals surface area (Å²) in [6.07, 6.45) is 0.929. The SMILES string of the molecule is CCCNC(=O)CSc1nnc(SCc2c(C)nn(-c3ccccc3)c2Cl)s1. The fourth-order valence-electron chi connectivity index (χ4n) is 2.33. The molecule has 148 valence electrons. The molecular formula is C18H20ClN5OS3. The number of amides is 1. The van der Waals surface area contributed by atoms with Crippen LogP contribution in [0, 0.1) is 6.92 Å². The first-order valence-electron chi connectivity index (χ1n) is 8.73. The van der Waals surface area contributed by atoms with Crippen molar-refractivity contribution >= 4 is 52.4 Å². The summed E-state index contributed by atoms with van der Waals surface area (Å²) < 4.78 is 3.39. The lowest BCUT2D eigenvalue weighted by molar-refractivity contribution is -0.118. The van der Waals surface area contributed by atoms with E-state index in [1.165, 1.54) is 23.1 Å². The Labute approximate surface area is 181 Å². The molecule has 0 radical (unpaired) electrons. The maximum atomic E-state index is 11.7. The number of aryl methyl sites for hydroxylation is 1. The van der Waals surface area contributed by atoms with E-state index in [0.29, 0.717) is 23.2 Å². The van der Waals surface area contributed by atoms with Crippen LogP contribution in [-0.4, -0.2) is 38.2 Å².